The molecular formula is C20H23NO8. The number of methoxy groups -OCH3 is 3. The summed E-state index contributed by atoms with van der Waals surface area (Å²) in [7, 11) is 4.47. The Labute approximate surface area is 167 Å². The van der Waals surface area contributed by atoms with Gasteiger partial charge in [0.25, 0.3) is 5.91 Å². The number of aromatic hydroxyl groups is 2. The highest BCUT2D eigenvalue weighted by atomic mass is 16.5. The van der Waals surface area contributed by atoms with Crippen LogP contribution < -0.4 is 19.5 Å². The van der Waals surface area contributed by atoms with Gasteiger partial charge in [-0.25, -0.2) is 4.79 Å². The number of hydrogen-bond donors (Lipinski definition) is 3. The number of hydrogen-bond acceptors (Lipinski definition) is 8. The van der Waals surface area contributed by atoms with E-state index in [1.54, 1.807) is 19.1 Å². The van der Waals surface area contributed by atoms with Gasteiger partial charge in [-0.3, -0.25) is 4.79 Å². The maximum absolute atomic E-state index is 12.0. The second kappa shape index (κ2) is 9.54. The number of phenols is 2. The highest BCUT2D eigenvalue weighted by Gasteiger charge is 2.18. The summed E-state index contributed by atoms with van der Waals surface area (Å²) < 4.78 is 20.6. The number of phenolic OH excluding ortho intramolecular Hbond substituents is 2. The molecule has 0 aliphatic carbocycles. The lowest BCUT2D eigenvalue weighted by molar-refractivity contribution is -0.124. The molecule has 0 aliphatic rings. The lowest BCUT2D eigenvalue weighted by Gasteiger charge is -2.14. The third kappa shape index (κ3) is 5.01. The van der Waals surface area contributed by atoms with E-state index in [1.807, 2.05) is 0 Å². The Bertz CT molecular complexity index is 910. The van der Waals surface area contributed by atoms with Crippen LogP contribution in [-0.4, -0.2) is 50.0 Å². The molecule has 0 saturated carbocycles. The molecule has 0 saturated heterocycles. The van der Waals surface area contributed by atoms with Gasteiger partial charge in [0.2, 0.25) is 0 Å². The van der Waals surface area contributed by atoms with E-state index >= 15 is 0 Å². The van der Waals surface area contributed by atoms with E-state index in [2.05, 4.69) is 5.32 Å². The third-order valence-corrected chi connectivity index (χ3v) is 4.17. The van der Waals surface area contributed by atoms with Crippen LogP contribution in [0.3, 0.4) is 0 Å². The van der Waals surface area contributed by atoms with E-state index in [-0.39, 0.29) is 12.1 Å². The molecule has 0 unspecified atom stereocenters. The minimum atomic E-state index is -0.934. The Morgan fingerprint density at radius 3 is 2.17 bits per heavy atom. The lowest BCUT2D eigenvalue weighted by atomic mass is 10.1. The van der Waals surface area contributed by atoms with Gasteiger partial charge in [0.05, 0.1) is 21.3 Å². The van der Waals surface area contributed by atoms with Gasteiger partial charge < -0.3 is 34.5 Å². The first-order valence-electron chi connectivity index (χ1n) is 8.56. The summed E-state index contributed by atoms with van der Waals surface area (Å²) in [6, 6.07) is 6.05. The molecule has 9 nitrogen and oxygen atoms in total. The quantitative estimate of drug-likeness (QED) is 0.449. The zero-order valence-electron chi connectivity index (χ0n) is 16.6. The first-order chi connectivity index (χ1) is 13.8. The van der Waals surface area contributed by atoms with Crippen molar-refractivity contribution in [1.29, 1.82) is 0 Å². The Hall–Kier alpha value is -3.62. The molecule has 1 amide bonds. The van der Waals surface area contributed by atoms with Gasteiger partial charge >= 0.3 is 5.97 Å². The molecule has 0 heterocycles. The van der Waals surface area contributed by atoms with Crippen molar-refractivity contribution in [2.45, 2.75) is 13.5 Å². The Morgan fingerprint density at radius 2 is 1.55 bits per heavy atom. The second-order valence-corrected chi connectivity index (χ2v) is 6.00. The van der Waals surface area contributed by atoms with Crippen LogP contribution in [-0.2, 0) is 16.1 Å². The van der Waals surface area contributed by atoms with Crippen molar-refractivity contribution in [2.75, 3.05) is 27.9 Å². The number of esters is 1. The predicted octanol–water partition coefficient (Wildman–Crippen LogP) is 1.91. The molecule has 0 aromatic heterocycles. The number of aryl methyl sites for hydroxylation is 1. The first-order valence-corrected chi connectivity index (χ1v) is 8.56. The van der Waals surface area contributed by atoms with Crippen LogP contribution in [0.2, 0.25) is 0 Å². The lowest BCUT2D eigenvalue weighted by Crippen LogP contribution is -2.28. The number of ether oxygens (including phenoxy) is 4. The minimum Gasteiger partial charge on any atom is -0.504 e. The highest BCUT2D eigenvalue weighted by molar-refractivity contribution is 5.95. The largest absolute Gasteiger partial charge is 0.504 e. The average Bonchev–Trinajstić information content (AvgIpc) is 2.73. The first kappa shape index (κ1) is 21.7. The fourth-order valence-corrected chi connectivity index (χ4v) is 2.53. The predicted molar refractivity (Wildman–Crippen MR) is 103 cm³/mol. The van der Waals surface area contributed by atoms with Crippen LogP contribution in [0.5, 0.6) is 28.7 Å². The van der Waals surface area contributed by atoms with Gasteiger partial charge in [0.1, 0.15) is 11.3 Å². The summed E-state index contributed by atoms with van der Waals surface area (Å²) in [5, 5.41) is 22.1. The van der Waals surface area contributed by atoms with E-state index in [0.29, 0.717) is 28.4 Å². The summed E-state index contributed by atoms with van der Waals surface area (Å²) in [5.74, 6) is -1.06. The van der Waals surface area contributed by atoms with Gasteiger partial charge in [-0.1, -0.05) is 6.07 Å². The van der Waals surface area contributed by atoms with Gasteiger partial charge in [0.15, 0.2) is 29.6 Å². The molecule has 0 fully saturated rings. The van der Waals surface area contributed by atoms with Crippen molar-refractivity contribution >= 4 is 11.9 Å². The van der Waals surface area contributed by atoms with Crippen molar-refractivity contribution < 1.29 is 38.7 Å². The molecule has 156 valence electrons. The number of rotatable bonds is 8. The summed E-state index contributed by atoms with van der Waals surface area (Å²) >= 11 is 0. The summed E-state index contributed by atoms with van der Waals surface area (Å²) in [6.07, 6.45) is 0. The van der Waals surface area contributed by atoms with Gasteiger partial charge in [-0.2, -0.15) is 0 Å². The Morgan fingerprint density at radius 1 is 0.931 bits per heavy atom. The van der Waals surface area contributed by atoms with Crippen molar-refractivity contribution in [1.82, 2.24) is 5.32 Å². The number of nitrogens with one attached hydrogen (secondary N) is 1. The van der Waals surface area contributed by atoms with Crippen molar-refractivity contribution in [2.24, 2.45) is 0 Å². The molecule has 0 spiro atoms. The average molecular weight is 405 g/mol. The normalized spacial score (nSPS) is 10.2. The van der Waals surface area contributed by atoms with E-state index in [9.17, 15) is 19.8 Å². The van der Waals surface area contributed by atoms with E-state index in [1.165, 1.54) is 33.5 Å². The van der Waals surface area contributed by atoms with Crippen molar-refractivity contribution in [3.05, 3.63) is 41.0 Å². The fourth-order valence-electron chi connectivity index (χ4n) is 2.53. The molecule has 29 heavy (non-hydrogen) atoms. The van der Waals surface area contributed by atoms with Crippen LogP contribution in [0.25, 0.3) is 0 Å². The maximum Gasteiger partial charge on any atom is 0.342 e. The van der Waals surface area contributed by atoms with E-state index < -0.39 is 30.0 Å². The van der Waals surface area contributed by atoms with Crippen molar-refractivity contribution in [3.63, 3.8) is 0 Å². The molecular weight excluding hydrogens is 382 g/mol. The summed E-state index contributed by atoms with van der Waals surface area (Å²) in [4.78, 5) is 24.1. The van der Waals surface area contributed by atoms with Gasteiger partial charge in [0, 0.05) is 18.2 Å². The maximum atomic E-state index is 12.0. The Balaban J connectivity index is 1.98. The van der Waals surface area contributed by atoms with Crippen molar-refractivity contribution in [3.8, 4) is 28.7 Å². The molecule has 0 bridgehead atoms. The topological polar surface area (TPSA) is 124 Å². The molecule has 0 aliphatic heterocycles. The SMILES string of the molecule is COc1cc(OC)c(OC)cc1CNC(=O)COC(=O)c1ccc(C)c(O)c1O. The van der Waals surface area contributed by atoms with Crippen LogP contribution in [0.1, 0.15) is 21.5 Å². The second-order valence-electron chi connectivity index (χ2n) is 6.00. The summed E-state index contributed by atoms with van der Waals surface area (Å²) in [5.41, 5.74) is 0.800. The summed E-state index contributed by atoms with van der Waals surface area (Å²) in [6.45, 7) is 1.10. The van der Waals surface area contributed by atoms with Crippen LogP contribution >= 0.6 is 0 Å². The monoisotopic (exact) mass is 405 g/mol. The number of benzene rings is 2. The number of amides is 1. The number of carbonyl (C=O) groups excluding carboxylic acids is 2. The fraction of sp³-hybridized carbons (Fsp3) is 0.300. The third-order valence-electron chi connectivity index (χ3n) is 4.17. The zero-order chi connectivity index (χ0) is 21.6. The Kier molecular flexibility index (Phi) is 7.13. The number of carbonyl (C=O) groups is 2. The minimum absolute atomic E-state index is 0.0937. The smallest absolute Gasteiger partial charge is 0.342 e. The highest BCUT2D eigenvalue weighted by Crippen LogP contribution is 2.34. The van der Waals surface area contributed by atoms with Gasteiger partial charge in [-0.05, 0) is 24.6 Å². The standard InChI is InChI=1S/C20H23NO8/c1-11-5-6-13(19(24)18(11)23)20(25)29-10-17(22)21-9-12-7-15(27-3)16(28-4)8-14(12)26-2/h5-8,23-24H,9-10H2,1-4H3,(H,21,22). The van der Waals surface area contributed by atoms with E-state index in [4.69, 9.17) is 18.9 Å². The zero-order valence-corrected chi connectivity index (χ0v) is 16.6. The molecule has 9 heteroatoms. The van der Waals surface area contributed by atoms with Crippen LogP contribution in [0.4, 0.5) is 0 Å². The molecule has 0 radical (unpaired) electrons. The van der Waals surface area contributed by atoms with Crippen LogP contribution in [0, 0.1) is 6.92 Å². The van der Waals surface area contributed by atoms with E-state index in [0.717, 1.165) is 0 Å². The molecule has 2 aromatic rings. The van der Waals surface area contributed by atoms with Crippen LogP contribution in [0.15, 0.2) is 24.3 Å². The molecule has 2 aromatic carbocycles. The molecule has 2 rings (SSSR count). The van der Waals surface area contributed by atoms with Gasteiger partial charge in [-0.15, -0.1) is 0 Å². The molecule has 0 atom stereocenters. The molecule has 3 N–H and O–H groups in total.